The molecule has 0 radical (unpaired) electrons. The summed E-state index contributed by atoms with van der Waals surface area (Å²) in [5, 5.41) is 20.9. The molecule has 0 saturated heterocycles. The van der Waals surface area contributed by atoms with Crippen molar-refractivity contribution in [2.24, 2.45) is 0 Å². The van der Waals surface area contributed by atoms with Crippen molar-refractivity contribution >= 4 is 0 Å². The van der Waals surface area contributed by atoms with Crippen molar-refractivity contribution in [3.8, 4) is 17.3 Å². The Morgan fingerprint density at radius 2 is 1.80 bits per heavy atom. The molecule has 0 amide bonds. The Labute approximate surface area is 113 Å². The monoisotopic (exact) mass is 278 g/mol. The minimum atomic E-state index is -4.69. The summed E-state index contributed by atoms with van der Waals surface area (Å²) in [6, 6.07) is 10.2. The van der Waals surface area contributed by atoms with E-state index in [-0.39, 0.29) is 11.4 Å². The second-order valence-corrected chi connectivity index (χ2v) is 4.17. The van der Waals surface area contributed by atoms with Crippen LogP contribution in [-0.2, 0) is 6.18 Å². The van der Waals surface area contributed by atoms with E-state index in [1.54, 1.807) is 18.2 Å². The summed E-state index contributed by atoms with van der Waals surface area (Å²) in [6.07, 6.45) is -4.69. The molecule has 102 valence electrons. The van der Waals surface area contributed by atoms with Gasteiger partial charge in [-0.2, -0.15) is 23.2 Å². The molecule has 0 aliphatic carbocycles. The topological polar surface area (TPSA) is 50.7 Å². The number of pyridine rings is 1. The van der Waals surface area contributed by atoms with Gasteiger partial charge in [-0.05, 0) is 12.1 Å². The normalized spacial score (nSPS) is 11.2. The van der Waals surface area contributed by atoms with Gasteiger partial charge in [-0.1, -0.05) is 18.2 Å². The molecule has 2 rings (SSSR count). The number of nitriles is 1. The first kappa shape index (κ1) is 13.9. The minimum Gasteiger partial charge on any atom is -0.618 e. The molecule has 0 N–H and O–H groups in total. The molecule has 0 atom stereocenters. The van der Waals surface area contributed by atoms with Gasteiger partial charge in [-0.15, -0.1) is 0 Å². The van der Waals surface area contributed by atoms with Crippen molar-refractivity contribution in [2.75, 3.05) is 0 Å². The number of alkyl halides is 3. The van der Waals surface area contributed by atoms with Crippen LogP contribution in [0.5, 0.6) is 0 Å². The Morgan fingerprint density at radius 3 is 2.30 bits per heavy atom. The van der Waals surface area contributed by atoms with Gasteiger partial charge in [-0.25, -0.2) is 0 Å². The molecule has 1 aromatic heterocycles. The zero-order chi connectivity index (χ0) is 14.9. The smallest absolute Gasteiger partial charge is 0.418 e. The molecule has 0 aliphatic rings. The van der Waals surface area contributed by atoms with E-state index in [1.165, 1.54) is 25.1 Å². The van der Waals surface area contributed by atoms with Gasteiger partial charge in [0, 0.05) is 18.6 Å². The summed E-state index contributed by atoms with van der Waals surface area (Å²) in [4.78, 5) is 0. The highest BCUT2D eigenvalue weighted by molar-refractivity contribution is 5.59. The van der Waals surface area contributed by atoms with Crippen molar-refractivity contribution in [3.05, 3.63) is 58.4 Å². The van der Waals surface area contributed by atoms with Crippen LogP contribution >= 0.6 is 0 Å². The second-order valence-electron chi connectivity index (χ2n) is 4.17. The summed E-state index contributed by atoms with van der Waals surface area (Å²) in [5.41, 5.74) is -1.77. The molecular weight excluding hydrogens is 269 g/mol. The zero-order valence-corrected chi connectivity index (χ0v) is 10.4. The van der Waals surface area contributed by atoms with Crippen LogP contribution in [0.2, 0.25) is 0 Å². The molecule has 0 unspecified atom stereocenters. The van der Waals surface area contributed by atoms with Crippen molar-refractivity contribution in [2.45, 2.75) is 13.1 Å². The molecule has 0 saturated carbocycles. The highest BCUT2D eigenvalue weighted by Gasteiger charge is 2.38. The number of benzene rings is 1. The van der Waals surface area contributed by atoms with Crippen LogP contribution in [0.3, 0.4) is 0 Å². The van der Waals surface area contributed by atoms with Gasteiger partial charge in [-0.3, -0.25) is 0 Å². The van der Waals surface area contributed by atoms with E-state index < -0.39 is 17.3 Å². The first-order chi connectivity index (χ1) is 9.36. The van der Waals surface area contributed by atoms with Gasteiger partial charge in [0.25, 0.3) is 0 Å². The summed E-state index contributed by atoms with van der Waals surface area (Å²) in [7, 11) is 0. The SMILES string of the molecule is Cc1c(C#N)c(C(F)(F)F)cc(-c2ccccc2)[n+]1[O-]. The highest BCUT2D eigenvalue weighted by atomic mass is 19.4. The molecule has 6 heteroatoms. The summed E-state index contributed by atoms with van der Waals surface area (Å²) in [5.74, 6) is 0. The summed E-state index contributed by atoms with van der Waals surface area (Å²) >= 11 is 0. The van der Waals surface area contributed by atoms with E-state index in [0.717, 1.165) is 0 Å². The zero-order valence-electron chi connectivity index (χ0n) is 10.4. The molecule has 2 aromatic rings. The molecule has 3 nitrogen and oxygen atoms in total. The largest absolute Gasteiger partial charge is 0.618 e. The molecule has 1 aromatic carbocycles. The fraction of sp³-hybridized carbons (Fsp3) is 0.143. The van der Waals surface area contributed by atoms with Gasteiger partial charge < -0.3 is 5.21 Å². The van der Waals surface area contributed by atoms with Crippen LogP contribution in [0.4, 0.5) is 13.2 Å². The van der Waals surface area contributed by atoms with E-state index in [2.05, 4.69) is 0 Å². The maximum Gasteiger partial charge on any atom is 0.418 e. The molecule has 0 bridgehead atoms. The first-order valence-electron chi connectivity index (χ1n) is 5.66. The average Bonchev–Trinajstić information content (AvgIpc) is 2.41. The van der Waals surface area contributed by atoms with E-state index in [9.17, 15) is 18.4 Å². The molecule has 0 spiro atoms. The number of hydrogen-bond donors (Lipinski definition) is 0. The van der Waals surface area contributed by atoms with Gasteiger partial charge in [0.05, 0.1) is 5.56 Å². The second kappa shape index (κ2) is 4.85. The van der Waals surface area contributed by atoms with E-state index in [0.29, 0.717) is 16.4 Å². The molecule has 0 aliphatic heterocycles. The Hall–Kier alpha value is -2.55. The minimum absolute atomic E-state index is 0.130. The van der Waals surface area contributed by atoms with Gasteiger partial charge in [0.2, 0.25) is 11.4 Å². The Morgan fingerprint density at radius 1 is 1.20 bits per heavy atom. The van der Waals surface area contributed by atoms with Crippen molar-refractivity contribution in [1.82, 2.24) is 0 Å². The lowest BCUT2D eigenvalue weighted by atomic mass is 10.0. The third-order valence-electron chi connectivity index (χ3n) is 2.92. The van der Waals surface area contributed by atoms with Gasteiger partial charge >= 0.3 is 6.18 Å². The Balaban J connectivity index is 2.80. The van der Waals surface area contributed by atoms with Crippen LogP contribution in [0.25, 0.3) is 11.3 Å². The van der Waals surface area contributed by atoms with Gasteiger partial charge in [0.1, 0.15) is 11.6 Å². The lowest BCUT2D eigenvalue weighted by molar-refractivity contribution is -0.601. The molecule has 1 heterocycles. The van der Waals surface area contributed by atoms with Gasteiger partial charge in [0.15, 0.2) is 0 Å². The fourth-order valence-corrected chi connectivity index (χ4v) is 1.92. The maximum atomic E-state index is 13.0. The lowest BCUT2D eigenvalue weighted by Crippen LogP contribution is -2.35. The van der Waals surface area contributed by atoms with E-state index >= 15 is 0 Å². The third-order valence-corrected chi connectivity index (χ3v) is 2.92. The van der Waals surface area contributed by atoms with Crippen LogP contribution < -0.4 is 4.73 Å². The third kappa shape index (κ3) is 2.30. The Kier molecular flexibility index (Phi) is 3.36. The quantitative estimate of drug-likeness (QED) is 0.594. The maximum absolute atomic E-state index is 13.0. The number of halogens is 3. The molecule has 0 fully saturated rings. The Bertz CT molecular complexity index is 688. The van der Waals surface area contributed by atoms with Crippen molar-refractivity contribution in [3.63, 3.8) is 0 Å². The number of aromatic nitrogens is 1. The first-order valence-corrected chi connectivity index (χ1v) is 5.66. The van der Waals surface area contributed by atoms with Crippen molar-refractivity contribution in [1.29, 1.82) is 5.26 Å². The van der Waals surface area contributed by atoms with Crippen LogP contribution in [-0.4, -0.2) is 0 Å². The standard InChI is InChI=1S/C14H9F3N2O/c1-9-11(8-18)12(14(15,16)17)7-13(19(9)20)10-5-3-2-4-6-10/h2-7H,1H3. The number of rotatable bonds is 1. The predicted molar refractivity (Wildman–Crippen MR) is 65.3 cm³/mol. The molecule has 20 heavy (non-hydrogen) atoms. The number of nitrogens with zero attached hydrogens (tertiary/aromatic N) is 2. The highest BCUT2D eigenvalue weighted by Crippen LogP contribution is 2.34. The van der Waals surface area contributed by atoms with Crippen molar-refractivity contribution < 1.29 is 17.9 Å². The van der Waals surface area contributed by atoms with Crippen LogP contribution in [0.1, 0.15) is 16.8 Å². The van der Waals surface area contributed by atoms with Crippen LogP contribution in [0, 0.1) is 23.5 Å². The predicted octanol–water partition coefficient (Wildman–Crippen LogP) is 3.19. The van der Waals surface area contributed by atoms with E-state index in [4.69, 9.17) is 5.26 Å². The lowest BCUT2D eigenvalue weighted by Gasteiger charge is -2.14. The van der Waals surface area contributed by atoms with Crippen LogP contribution in [0.15, 0.2) is 36.4 Å². The van der Waals surface area contributed by atoms with E-state index in [1.807, 2.05) is 0 Å². The summed E-state index contributed by atoms with van der Waals surface area (Å²) < 4.78 is 39.3. The fourth-order valence-electron chi connectivity index (χ4n) is 1.92. The summed E-state index contributed by atoms with van der Waals surface area (Å²) in [6.45, 7) is 1.20. The number of hydrogen-bond acceptors (Lipinski definition) is 2. The average molecular weight is 278 g/mol. The molecular formula is C14H9F3N2O.